The number of thioether (sulfide) groups is 1. The van der Waals surface area contributed by atoms with Gasteiger partial charge in [0, 0.05) is 24.6 Å². The fourth-order valence-electron chi connectivity index (χ4n) is 1.88. The molecule has 2 rings (SSSR count). The molecule has 1 aromatic heterocycles. The number of hydrogen-bond acceptors (Lipinski definition) is 5. The third-order valence-corrected chi connectivity index (χ3v) is 3.80. The van der Waals surface area contributed by atoms with Crippen LogP contribution in [0.5, 0.6) is 0 Å². The molecule has 0 bridgehead atoms. The quantitative estimate of drug-likeness (QED) is 0.377. The van der Waals surface area contributed by atoms with Crippen molar-refractivity contribution in [2.75, 3.05) is 29.5 Å². The van der Waals surface area contributed by atoms with E-state index in [0.717, 1.165) is 17.6 Å². The van der Waals surface area contributed by atoms with Crippen LogP contribution in [0.2, 0.25) is 0 Å². The summed E-state index contributed by atoms with van der Waals surface area (Å²) in [4.78, 5) is 5.38. The Morgan fingerprint density at radius 2 is 2.00 bits per heavy atom. The molecule has 0 atom stereocenters. The third-order valence-electron chi connectivity index (χ3n) is 2.86. The predicted octanol–water partition coefficient (Wildman–Crippen LogP) is 1.75. The maximum Gasteiger partial charge on any atom is 0.433 e. The van der Waals surface area contributed by atoms with E-state index in [-0.39, 0.29) is 17.2 Å². The molecule has 0 unspecified atom stereocenters. The molecule has 3 N–H and O–H groups in total. The van der Waals surface area contributed by atoms with E-state index in [2.05, 4.69) is 10.1 Å². The molecule has 5 nitrogen and oxygen atoms in total. The van der Waals surface area contributed by atoms with E-state index >= 15 is 0 Å². The summed E-state index contributed by atoms with van der Waals surface area (Å²) in [6.45, 7) is 1.15. The largest absolute Gasteiger partial charge is 0.433 e. The minimum atomic E-state index is -4.52. The summed E-state index contributed by atoms with van der Waals surface area (Å²) >= 11 is 1.72. The van der Waals surface area contributed by atoms with Gasteiger partial charge in [-0.15, -0.1) is 0 Å². The second-order valence-electron chi connectivity index (χ2n) is 4.15. The van der Waals surface area contributed by atoms with Crippen molar-refractivity contribution < 1.29 is 18.4 Å². The highest BCUT2D eigenvalue weighted by Crippen LogP contribution is 2.31. The summed E-state index contributed by atoms with van der Waals surface area (Å²) in [7, 11) is 0. The molecule has 0 spiro atoms. The van der Waals surface area contributed by atoms with Crippen molar-refractivity contribution in [1.82, 2.24) is 4.98 Å². The maximum atomic E-state index is 12.8. The lowest BCUT2D eigenvalue weighted by molar-refractivity contribution is -0.141. The van der Waals surface area contributed by atoms with Crippen molar-refractivity contribution in [1.29, 1.82) is 0 Å². The van der Waals surface area contributed by atoms with Crippen LogP contribution in [0.4, 0.5) is 19.0 Å². The lowest BCUT2D eigenvalue weighted by Gasteiger charge is -2.29. The monoisotopic (exact) mass is 306 g/mol. The second kappa shape index (κ2) is 5.78. The molecule has 0 aromatic carbocycles. The molecular formula is C11H13F3N4OS. The van der Waals surface area contributed by atoms with Gasteiger partial charge < -0.3 is 15.8 Å². The zero-order valence-corrected chi connectivity index (χ0v) is 11.2. The van der Waals surface area contributed by atoms with Crippen LogP contribution in [0.1, 0.15) is 11.3 Å². The van der Waals surface area contributed by atoms with Crippen LogP contribution < -0.4 is 10.6 Å². The Labute approximate surface area is 117 Å². The molecule has 0 aliphatic carbocycles. The van der Waals surface area contributed by atoms with Gasteiger partial charge in [-0.2, -0.15) is 24.9 Å². The van der Waals surface area contributed by atoms with Crippen LogP contribution in [0.25, 0.3) is 0 Å². The van der Waals surface area contributed by atoms with E-state index in [1.165, 1.54) is 6.07 Å². The first-order chi connectivity index (χ1) is 9.43. The number of hydrogen-bond donors (Lipinski definition) is 2. The van der Waals surface area contributed by atoms with E-state index in [1.54, 1.807) is 16.7 Å². The van der Waals surface area contributed by atoms with Gasteiger partial charge in [-0.1, -0.05) is 5.16 Å². The van der Waals surface area contributed by atoms with Gasteiger partial charge in [-0.3, -0.25) is 0 Å². The zero-order valence-electron chi connectivity index (χ0n) is 10.4. The molecule has 1 saturated heterocycles. The topological polar surface area (TPSA) is 74.7 Å². The number of nitrogens with two attached hydrogens (primary N) is 1. The number of aromatic nitrogens is 1. The van der Waals surface area contributed by atoms with Crippen LogP contribution >= 0.6 is 11.8 Å². The van der Waals surface area contributed by atoms with Gasteiger partial charge in [-0.05, 0) is 12.1 Å². The average Bonchev–Trinajstić information content (AvgIpc) is 2.46. The lowest BCUT2D eigenvalue weighted by Crippen LogP contribution is -2.35. The minimum absolute atomic E-state index is 0.107. The number of pyridine rings is 1. The van der Waals surface area contributed by atoms with Crippen molar-refractivity contribution in [2.24, 2.45) is 10.9 Å². The second-order valence-corrected chi connectivity index (χ2v) is 5.37. The van der Waals surface area contributed by atoms with Gasteiger partial charge in [0.15, 0.2) is 5.84 Å². The molecule has 2 heterocycles. The van der Waals surface area contributed by atoms with Gasteiger partial charge in [0.05, 0.1) is 5.56 Å². The van der Waals surface area contributed by atoms with Crippen molar-refractivity contribution in [3.8, 4) is 0 Å². The molecule has 0 radical (unpaired) electrons. The highest BCUT2D eigenvalue weighted by molar-refractivity contribution is 7.99. The number of rotatable bonds is 2. The predicted molar refractivity (Wildman–Crippen MR) is 71.3 cm³/mol. The fraction of sp³-hybridized carbons (Fsp3) is 0.455. The molecule has 1 fully saturated rings. The first-order valence-electron chi connectivity index (χ1n) is 5.82. The van der Waals surface area contributed by atoms with E-state index in [4.69, 9.17) is 10.9 Å². The summed E-state index contributed by atoms with van der Waals surface area (Å²) in [5.74, 6) is 1.45. The Balaban J connectivity index is 2.47. The highest BCUT2D eigenvalue weighted by atomic mass is 32.2. The summed E-state index contributed by atoms with van der Waals surface area (Å²) in [5, 5.41) is 11.6. The van der Waals surface area contributed by atoms with Gasteiger partial charge in [0.2, 0.25) is 0 Å². The number of alkyl halides is 3. The number of amidine groups is 1. The SMILES string of the molecule is NC(=NO)c1ccc(C(F)(F)F)nc1N1CCSCC1. The average molecular weight is 306 g/mol. The van der Waals surface area contributed by atoms with E-state index in [1.807, 2.05) is 0 Å². The van der Waals surface area contributed by atoms with Gasteiger partial charge in [0.25, 0.3) is 0 Å². The molecule has 0 amide bonds. The van der Waals surface area contributed by atoms with Crippen LogP contribution in [0.3, 0.4) is 0 Å². The molecule has 1 aromatic rings. The summed E-state index contributed by atoms with van der Waals surface area (Å²) < 4.78 is 38.3. The Hall–Kier alpha value is -1.64. The normalized spacial score (nSPS) is 17.4. The van der Waals surface area contributed by atoms with Crippen molar-refractivity contribution in [3.05, 3.63) is 23.4 Å². The number of nitrogens with zero attached hydrogens (tertiary/aromatic N) is 3. The molecule has 9 heteroatoms. The van der Waals surface area contributed by atoms with Gasteiger partial charge in [-0.25, -0.2) is 4.98 Å². The summed E-state index contributed by atoms with van der Waals surface area (Å²) in [6.07, 6.45) is -4.52. The summed E-state index contributed by atoms with van der Waals surface area (Å²) in [5.41, 5.74) is 4.72. The zero-order chi connectivity index (χ0) is 14.8. The fourth-order valence-corrected chi connectivity index (χ4v) is 2.78. The highest BCUT2D eigenvalue weighted by Gasteiger charge is 2.34. The van der Waals surface area contributed by atoms with Crippen LogP contribution in [0, 0.1) is 0 Å². The first-order valence-corrected chi connectivity index (χ1v) is 6.98. The molecular weight excluding hydrogens is 293 g/mol. The first kappa shape index (κ1) is 14.8. The molecule has 110 valence electrons. The standard InChI is InChI=1S/C11H13F3N4OS/c12-11(13,14)8-2-1-7(9(15)17-19)10(16-8)18-3-5-20-6-4-18/h1-2,19H,3-6H2,(H2,15,17). The lowest BCUT2D eigenvalue weighted by atomic mass is 10.2. The van der Waals surface area contributed by atoms with Crippen molar-refractivity contribution in [3.63, 3.8) is 0 Å². The van der Waals surface area contributed by atoms with Crippen LogP contribution in [-0.2, 0) is 6.18 Å². The molecule has 0 saturated carbocycles. The van der Waals surface area contributed by atoms with E-state index in [0.29, 0.717) is 13.1 Å². The minimum Gasteiger partial charge on any atom is -0.409 e. The Kier molecular flexibility index (Phi) is 4.26. The van der Waals surface area contributed by atoms with Crippen LogP contribution in [-0.4, -0.2) is 40.6 Å². The van der Waals surface area contributed by atoms with Gasteiger partial charge >= 0.3 is 6.18 Å². The Morgan fingerprint density at radius 3 is 2.55 bits per heavy atom. The molecule has 1 aliphatic rings. The maximum absolute atomic E-state index is 12.8. The Morgan fingerprint density at radius 1 is 1.35 bits per heavy atom. The Bertz CT molecular complexity index is 515. The van der Waals surface area contributed by atoms with E-state index < -0.39 is 11.9 Å². The van der Waals surface area contributed by atoms with Gasteiger partial charge in [0.1, 0.15) is 11.5 Å². The molecule has 20 heavy (non-hydrogen) atoms. The van der Waals surface area contributed by atoms with Crippen molar-refractivity contribution >= 4 is 23.4 Å². The number of halogens is 3. The number of anilines is 1. The van der Waals surface area contributed by atoms with Crippen LogP contribution in [0.15, 0.2) is 17.3 Å². The molecule has 1 aliphatic heterocycles. The number of oxime groups is 1. The van der Waals surface area contributed by atoms with Crippen molar-refractivity contribution in [2.45, 2.75) is 6.18 Å². The third kappa shape index (κ3) is 3.09. The summed E-state index contributed by atoms with van der Waals surface area (Å²) in [6, 6.07) is 2.01. The smallest absolute Gasteiger partial charge is 0.409 e. The van der Waals surface area contributed by atoms with E-state index in [9.17, 15) is 13.2 Å².